The highest BCUT2D eigenvalue weighted by Crippen LogP contribution is 2.22. The second kappa shape index (κ2) is 10.2. The van der Waals surface area contributed by atoms with Crippen molar-refractivity contribution in [1.29, 1.82) is 0 Å². The van der Waals surface area contributed by atoms with Crippen molar-refractivity contribution in [2.45, 2.75) is 13.8 Å². The van der Waals surface area contributed by atoms with Crippen LogP contribution in [0.4, 0.5) is 5.69 Å². The highest BCUT2D eigenvalue weighted by molar-refractivity contribution is 9.10. The second-order valence-corrected chi connectivity index (χ2v) is 7.13. The van der Waals surface area contributed by atoms with Crippen LogP contribution in [0.1, 0.15) is 34.6 Å². The minimum absolute atomic E-state index is 0.0193. The van der Waals surface area contributed by atoms with Gasteiger partial charge >= 0.3 is 0 Å². The van der Waals surface area contributed by atoms with Crippen LogP contribution in [0.15, 0.2) is 46.9 Å². The minimum Gasteiger partial charge on any atom is -0.496 e. The molecule has 0 heterocycles. The maximum absolute atomic E-state index is 12.5. The van der Waals surface area contributed by atoms with E-state index in [2.05, 4.69) is 26.6 Å². The number of amides is 2. The third-order valence-corrected chi connectivity index (χ3v) is 4.77. The molecule has 0 radical (unpaired) electrons. The summed E-state index contributed by atoms with van der Waals surface area (Å²) >= 11 is 8.56. The number of nitrogens with zero attached hydrogens (tertiary/aromatic N) is 1. The summed E-state index contributed by atoms with van der Waals surface area (Å²) in [6.45, 7) is 5.20. The van der Waals surface area contributed by atoms with E-state index in [4.69, 9.17) is 17.0 Å². The Morgan fingerprint density at radius 1 is 1.11 bits per heavy atom. The molecular weight excluding hydrogens is 442 g/mol. The molecule has 8 heteroatoms. The third-order valence-electron chi connectivity index (χ3n) is 4.07. The number of ether oxygens (including phenoxy) is 1. The number of halogens is 1. The van der Waals surface area contributed by atoms with Crippen LogP contribution < -0.4 is 15.4 Å². The zero-order valence-corrected chi connectivity index (χ0v) is 18.3. The molecule has 0 spiro atoms. The van der Waals surface area contributed by atoms with Gasteiger partial charge in [0.15, 0.2) is 5.11 Å². The van der Waals surface area contributed by atoms with Crippen LogP contribution in [0.25, 0.3) is 0 Å². The number of anilines is 1. The number of benzene rings is 2. The van der Waals surface area contributed by atoms with E-state index in [1.807, 2.05) is 13.8 Å². The first kappa shape index (κ1) is 21.8. The Kier molecular flexibility index (Phi) is 7.95. The highest BCUT2D eigenvalue weighted by atomic mass is 79.9. The first-order valence-corrected chi connectivity index (χ1v) is 9.94. The molecule has 2 rings (SSSR count). The lowest BCUT2D eigenvalue weighted by atomic mass is 10.1. The lowest BCUT2D eigenvalue weighted by Crippen LogP contribution is -2.34. The number of hydrogen-bond donors (Lipinski definition) is 2. The number of carbonyl (C=O) groups is 2. The maximum Gasteiger partial charge on any atom is 0.261 e. The van der Waals surface area contributed by atoms with Gasteiger partial charge in [-0.2, -0.15) is 0 Å². The molecule has 6 nitrogen and oxygen atoms in total. The van der Waals surface area contributed by atoms with E-state index in [9.17, 15) is 9.59 Å². The van der Waals surface area contributed by atoms with Crippen LogP contribution in [-0.2, 0) is 0 Å². The van der Waals surface area contributed by atoms with E-state index >= 15 is 0 Å². The van der Waals surface area contributed by atoms with Gasteiger partial charge in [0.1, 0.15) is 5.75 Å². The highest BCUT2D eigenvalue weighted by Gasteiger charge is 2.15. The first-order chi connectivity index (χ1) is 13.4. The molecule has 0 aliphatic heterocycles. The summed E-state index contributed by atoms with van der Waals surface area (Å²) in [6, 6.07) is 12.1. The molecule has 0 aromatic heterocycles. The van der Waals surface area contributed by atoms with E-state index in [1.54, 1.807) is 47.4 Å². The van der Waals surface area contributed by atoms with Gasteiger partial charge in [-0.25, -0.2) is 0 Å². The molecule has 0 saturated heterocycles. The number of carbonyl (C=O) groups excluding carboxylic acids is 2. The monoisotopic (exact) mass is 463 g/mol. The number of methoxy groups -OCH3 is 1. The number of nitrogens with one attached hydrogen (secondary N) is 2. The molecule has 2 N–H and O–H groups in total. The van der Waals surface area contributed by atoms with Gasteiger partial charge in [-0.1, -0.05) is 15.9 Å². The van der Waals surface area contributed by atoms with Crippen molar-refractivity contribution < 1.29 is 14.3 Å². The number of rotatable bonds is 6. The van der Waals surface area contributed by atoms with Gasteiger partial charge < -0.3 is 15.0 Å². The van der Waals surface area contributed by atoms with Gasteiger partial charge in [0.25, 0.3) is 11.8 Å². The fourth-order valence-electron chi connectivity index (χ4n) is 2.58. The molecule has 2 amide bonds. The van der Waals surface area contributed by atoms with Crippen LogP contribution in [-0.4, -0.2) is 42.0 Å². The number of hydrogen-bond acceptors (Lipinski definition) is 4. The SMILES string of the molecule is CCN(CC)C(=O)c1ccc(NC(=S)NC(=O)c2cc(Br)ccc2OC)cc1. The van der Waals surface area contributed by atoms with Gasteiger partial charge in [0, 0.05) is 28.8 Å². The molecule has 2 aromatic carbocycles. The molecule has 0 aliphatic rings. The predicted octanol–water partition coefficient (Wildman–Crippen LogP) is 4.07. The zero-order chi connectivity index (χ0) is 20.7. The van der Waals surface area contributed by atoms with Crippen molar-refractivity contribution in [2.24, 2.45) is 0 Å². The Labute approximate surface area is 178 Å². The Morgan fingerprint density at radius 3 is 2.32 bits per heavy atom. The molecule has 2 aromatic rings. The summed E-state index contributed by atoms with van der Waals surface area (Å²) < 4.78 is 5.97. The average molecular weight is 464 g/mol. The molecule has 0 saturated carbocycles. The standard InChI is InChI=1S/C20H22BrN3O3S/c1-4-24(5-2)19(26)13-6-9-15(10-7-13)22-20(28)23-18(25)16-12-14(21)8-11-17(16)27-3/h6-12H,4-5H2,1-3H3,(H2,22,23,25,28). The molecular formula is C20H22BrN3O3S. The topological polar surface area (TPSA) is 70.7 Å². The van der Waals surface area contributed by atoms with Gasteiger partial charge in [-0.3, -0.25) is 14.9 Å². The van der Waals surface area contributed by atoms with Crippen LogP contribution in [0, 0.1) is 0 Å². The third kappa shape index (κ3) is 5.53. The van der Waals surface area contributed by atoms with Crippen LogP contribution >= 0.6 is 28.1 Å². The van der Waals surface area contributed by atoms with Gasteiger partial charge in [-0.15, -0.1) is 0 Å². The Morgan fingerprint density at radius 2 is 1.75 bits per heavy atom. The van der Waals surface area contributed by atoms with E-state index in [0.29, 0.717) is 35.7 Å². The van der Waals surface area contributed by atoms with E-state index in [-0.39, 0.29) is 16.9 Å². The van der Waals surface area contributed by atoms with Crippen LogP contribution in [0.2, 0.25) is 0 Å². The molecule has 148 valence electrons. The van der Waals surface area contributed by atoms with E-state index in [0.717, 1.165) is 4.47 Å². The van der Waals surface area contributed by atoms with Gasteiger partial charge in [-0.05, 0) is 68.5 Å². The van der Waals surface area contributed by atoms with Crippen molar-refractivity contribution in [3.8, 4) is 5.75 Å². The van der Waals surface area contributed by atoms with E-state index < -0.39 is 0 Å². The Hall–Kier alpha value is -2.45. The van der Waals surface area contributed by atoms with Crippen molar-refractivity contribution in [2.75, 3.05) is 25.5 Å². The minimum atomic E-state index is -0.385. The maximum atomic E-state index is 12.5. The normalized spacial score (nSPS) is 10.1. The first-order valence-electron chi connectivity index (χ1n) is 8.74. The molecule has 0 atom stereocenters. The molecule has 0 unspecified atom stereocenters. The van der Waals surface area contributed by atoms with Gasteiger partial charge in [0.2, 0.25) is 0 Å². The summed E-state index contributed by atoms with van der Waals surface area (Å²) in [4.78, 5) is 26.6. The summed E-state index contributed by atoms with van der Waals surface area (Å²) in [5.41, 5.74) is 1.63. The summed E-state index contributed by atoms with van der Waals surface area (Å²) in [5.74, 6) is 0.0425. The fraction of sp³-hybridized carbons (Fsp3) is 0.250. The van der Waals surface area contributed by atoms with Crippen molar-refractivity contribution in [1.82, 2.24) is 10.2 Å². The molecule has 0 bridgehead atoms. The predicted molar refractivity (Wildman–Crippen MR) is 118 cm³/mol. The van der Waals surface area contributed by atoms with Crippen LogP contribution in [0.5, 0.6) is 5.75 Å². The largest absolute Gasteiger partial charge is 0.496 e. The molecule has 28 heavy (non-hydrogen) atoms. The van der Waals surface area contributed by atoms with Crippen molar-refractivity contribution >= 4 is 50.8 Å². The molecule has 0 fully saturated rings. The smallest absolute Gasteiger partial charge is 0.261 e. The average Bonchev–Trinajstić information content (AvgIpc) is 2.69. The lowest BCUT2D eigenvalue weighted by Gasteiger charge is -2.18. The Balaban J connectivity index is 2.02. The summed E-state index contributed by atoms with van der Waals surface area (Å²) in [5, 5.41) is 5.71. The summed E-state index contributed by atoms with van der Waals surface area (Å²) in [7, 11) is 1.50. The number of thiocarbonyl (C=S) groups is 1. The Bertz CT molecular complexity index is 867. The second-order valence-electron chi connectivity index (χ2n) is 5.81. The fourth-order valence-corrected chi connectivity index (χ4v) is 3.15. The molecule has 0 aliphatic carbocycles. The zero-order valence-electron chi connectivity index (χ0n) is 15.9. The summed E-state index contributed by atoms with van der Waals surface area (Å²) in [6.07, 6.45) is 0. The van der Waals surface area contributed by atoms with E-state index in [1.165, 1.54) is 7.11 Å². The lowest BCUT2D eigenvalue weighted by molar-refractivity contribution is 0.0772. The van der Waals surface area contributed by atoms with Crippen molar-refractivity contribution in [3.63, 3.8) is 0 Å². The van der Waals surface area contributed by atoms with Crippen LogP contribution in [0.3, 0.4) is 0 Å². The van der Waals surface area contributed by atoms with Gasteiger partial charge in [0.05, 0.1) is 12.7 Å². The quantitative estimate of drug-likeness (QED) is 0.631. The van der Waals surface area contributed by atoms with Crippen molar-refractivity contribution in [3.05, 3.63) is 58.1 Å².